The molecular formula is C19H29N3O. The first kappa shape index (κ1) is 20.6. The lowest BCUT2D eigenvalue weighted by atomic mass is 10.00. The van der Waals surface area contributed by atoms with Crippen LogP contribution in [0.15, 0.2) is 55.3 Å². The molecule has 0 spiro atoms. The second-order valence-electron chi connectivity index (χ2n) is 5.03. The van der Waals surface area contributed by atoms with E-state index in [0.717, 1.165) is 11.1 Å². The van der Waals surface area contributed by atoms with E-state index in [9.17, 15) is 4.79 Å². The average Bonchev–Trinajstić information content (AvgIpc) is 2.54. The zero-order valence-corrected chi connectivity index (χ0v) is 14.7. The summed E-state index contributed by atoms with van der Waals surface area (Å²) in [5.74, 6) is 0.315. The van der Waals surface area contributed by atoms with Crippen molar-refractivity contribution >= 4 is 11.7 Å². The third kappa shape index (κ3) is 7.45. The molecular weight excluding hydrogens is 286 g/mol. The molecule has 1 heterocycles. The van der Waals surface area contributed by atoms with Crippen molar-refractivity contribution < 1.29 is 4.79 Å². The minimum Gasteiger partial charge on any atom is -0.384 e. The lowest BCUT2D eigenvalue weighted by Gasteiger charge is -2.18. The number of allylic oxidation sites excluding steroid dienone is 2. The molecule has 2 unspecified atom stereocenters. The third-order valence-electron chi connectivity index (χ3n) is 3.24. The van der Waals surface area contributed by atoms with E-state index in [-0.39, 0.29) is 17.9 Å². The molecule has 0 saturated heterocycles. The van der Waals surface area contributed by atoms with Gasteiger partial charge >= 0.3 is 0 Å². The Balaban J connectivity index is 0.00000232. The summed E-state index contributed by atoms with van der Waals surface area (Å²) in [6, 6.07) is 3.56. The van der Waals surface area contributed by atoms with Crippen molar-refractivity contribution in [3.05, 3.63) is 60.9 Å². The minimum atomic E-state index is -0.149. The second kappa shape index (κ2) is 11.2. The van der Waals surface area contributed by atoms with Crippen LogP contribution in [0.25, 0.3) is 0 Å². The highest BCUT2D eigenvalue weighted by molar-refractivity contribution is 5.79. The summed E-state index contributed by atoms with van der Waals surface area (Å²) in [6.45, 7) is 15.2. The van der Waals surface area contributed by atoms with Gasteiger partial charge in [-0.3, -0.25) is 4.79 Å². The molecule has 126 valence electrons. The van der Waals surface area contributed by atoms with Crippen molar-refractivity contribution in [2.24, 2.45) is 5.92 Å². The summed E-state index contributed by atoms with van der Waals surface area (Å²) in [7, 11) is 0. The van der Waals surface area contributed by atoms with Crippen LogP contribution in [-0.4, -0.2) is 16.9 Å². The number of pyridine rings is 1. The van der Waals surface area contributed by atoms with E-state index in [4.69, 9.17) is 5.73 Å². The summed E-state index contributed by atoms with van der Waals surface area (Å²) in [5, 5.41) is 2.98. The van der Waals surface area contributed by atoms with Gasteiger partial charge in [-0.2, -0.15) is 0 Å². The Morgan fingerprint density at radius 3 is 2.57 bits per heavy atom. The topological polar surface area (TPSA) is 68.0 Å². The van der Waals surface area contributed by atoms with Gasteiger partial charge < -0.3 is 11.1 Å². The molecule has 23 heavy (non-hydrogen) atoms. The second-order valence-corrected chi connectivity index (χ2v) is 5.03. The highest BCUT2D eigenvalue weighted by Crippen LogP contribution is 2.12. The molecule has 0 bridgehead atoms. The molecule has 0 aliphatic rings. The zero-order chi connectivity index (χ0) is 17.8. The summed E-state index contributed by atoms with van der Waals surface area (Å²) < 4.78 is 0. The summed E-state index contributed by atoms with van der Waals surface area (Å²) >= 11 is 0. The molecule has 0 saturated carbocycles. The number of hydrogen-bond acceptors (Lipinski definition) is 3. The van der Waals surface area contributed by atoms with Crippen LogP contribution in [0.1, 0.15) is 33.3 Å². The van der Waals surface area contributed by atoms with Crippen LogP contribution in [0.4, 0.5) is 5.82 Å². The van der Waals surface area contributed by atoms with E-state index >= 15 is 0 Å². The van der Waals surface area contributed by atoms with E-state index in [1.54, 1.807) is 24.4 Å². The van der Waals surface area contributed by atoms with E-state index in [1.165, 1.54) is 0 Å². The first-order valence-electron chi connectivity index (χ1n) is 7.93. The van der Waals surface area contributed by atoms with Crippen molar-refractivity contribution in [1.29, 1.82) is 0 Å². The predicted octanol–water partition coefficient (Wildman–Crippen LogP) is 3.67. The van der Waals surface area contributed by atoms with Gasteiger partial charge in [0.25, 0.3) is 0 Å². The van der Waals surface area contributed by atoms with Gasteiger partial charge in [-0.25, -0.2) is 4.98 Å². The first-order valence-corrected chi connectivity index (χ1v) is 7.93. The average molecular weight is 315 g/mol. The van der Waals surface area contributed by atoms with Crippen molar-refractivity contribution in [2.45, 2.75) is 40.2 Å². The maximum atomic E-state index is 12.2. The number of carbonyl (C=O) groups excluding carboxylic acids is 1. The standard InChI is InChI=1S/C17H23N3O.C2H6/c1-5-7-15(6-2)13(4)20-17(21)12(3)10-14-8-9-19-16(18)11-14;1-2/h5-9,11-13H,1-2,10H2,3-4H3,(H2,18,19)(H,20,21);1-2H3/b15-7+;. The Morgan fingerprint density at radius 2 is 2.04 bits per heavy atom. The van der Waals surface area contributed by atoms with Gasteiger partial charge in [-0.05, 0) is 36.6 Å². The molecule has 4 heteroatoms. The van der Waals surface area contributed by atoms with Crippen molar-refractivity contribution in [3.8, 4) is 0 Å². The Kier molecular flexibility index (Phi) is 10.1. The largest absolute Gasteiger partial charge is 0.384 e. The third-order valence-corrected chi connectivity index (χ3v) is 3.24. The van der Waals surface area contributed by atoms with Gasteiger partial charge in [-0.15, -0.1) is 0 Å². The maximum Gasteiger partial charge on any atom is 0.223 e. The first-order chi connectivity index (χ1) is 11.0. The van der Waals surface area contributed by atoms with Crippen LogP contribution >= 0.6 is 0 Å². The fourth-order valence-corrected chi connectivity index (χ4v) is 2.03. The van der Waals surface area contributed by atoms with Crippen LogP contribution in [-0.2, 0) is 11.2 Å². The highest BCUT2D eigenvalue weighted by atomic mass is 16.1. The maximum absolute atomic E-state index is 12.2. The Labute approximate surface area is 140 Å². The summed E-state index contributed by atoms with van der Waals surface area (Å²) in [5.41, 5.74) is 7.58. The van der Waals surface area contributed by atoms with E-state index in [1.807, 2.05) is 39.8 Å². The van der Waals surface area contributed by atoms with Gasteiger partial charge in [0.05, 0.1) is 6.04 Å². The summed E-state index contributed by atoms with van der Waals surface area (Å²) in [4.78, 5) is 16.2. The molecule has 0 fully saturated rings. The molecule has 0 aromatic carbocycles. The Morgan fingerprint density at radius 1 is 1.39 bits per heavy atom. The van der Waals surface area contributed by atoms with Crippen molar-refractivity contribution in [2.75, 3.05) is 5.73 Å². The van der Waals surface area contributed by atoms with Gasteiger partial charge in [0, 0.05) is 12.1 Å². The number of aromatic nitrogens is 1. The highest BCUT2D eigenvalue weighted by Gasteiger charge is 2.17. The molecule has 1 aromatic heterocycles. The monoisotopic (exact) mass is 315 g/mol. The van der Waals surface area contributed by atoms with Gasteiger partial charge in [0.15, 0.2) is 0 Å². The van der Waals surface area contributed by atoms with Gasteiger partial charge in [0.1, 0.15) is 5.82 Å². The van der Waals surface area contributed by atoms with Crippen LogP contribution in [0.2, 0.25) is 0 Å². The summed E-state index contributed by atoms with van der Waals surface area (Å²) in [6.07, 6.45) is 7.52. The van der Waals surface area contributed by atoms with Crippen LogP contribution in [0.3, 0.4) is 0 Å². The minimum absolute atomic E-state index is 0.00491. The van der Waals surface area contributed by atoms with Crippen LogP contribution < -0.4 is 11.1 Å². The molecule has 2 atom stereocenters. The number of nitrogen functional groups attached to an aromatic ring is 1. The number of rotatable bonds is 7. The molecule has 0 aliphatic carbocycles. The quantitative estimate of drug-likeness (QED) is 0.754. The molecule has 1 rings (SSSR count). The number of amides is 1. The zero-order valence-electron chi connectivity index (χ0n) is 14.7. The molecule has 3 N–H and O–H groups in total. The molecule has 1 amide bonds. The van der Waals surface area contributed by atoms with Gasteiger partial charge in [-0.1, -0.05) is 52.2 Å². The van der Waals surface area contributed by atoms with Crippen molar-refractivity contribution in [1.82, 2.24) is 10.3 Å². The van der Waals surface area contributed by atoms with Crippen LogP contribution in [0, 0.1) is 5.92 Å². The van der Waals surface area contributed by atoms with Crippen LogP contribution in [0.5, 0.6) is 0 Å². The Bertz CT molecular complexity index is 549. The Hall–Kier alpha value is -2.36. The van der Waals surface area contributed by atoms with E-state index < -0.39 is 0 Å². The number of nitrogens with zero attached hydrogens (tertiary/aromatic N) is 1. The molecule has 4 nitrogen and oxygen atoms in total. The lowest BCUT2D eigenvalue weighted by Crippen LogP contribution is -2.37. The lowest BCUT2D eigenvalue weighted by molar-refractivity contribution is -0.124. The molecule has 1 aromatic rings. The fraction of sp³-hybridized carbons (Fsp3) is 0.368. The predicted molar refractivity (Wildman–Crippen MR) is 98.9 cm³/mol. The van der Waals surface area contributed by atoms with E-state index in [0.29, 0.717) is 12.2 Å². The number of nitrogens with one attached hydrogen (secondary N) is 1. The van der Waals surface area contributed by atoms with E-state index in [2.05, 4.69) is 23.5 Å². The number of hydrogen-bond donors (Lipinski definition) is 2. The number of carbonyl (C=O) groups is 1. The van der Waals surface area contributed by atoms with Crippen molar-refractivity contribution in [3.63, 3.8) is 0 Å². The normalized spacial score (nSPS) is 13.1. The number of nitrogens with two attached hydrogens (primary N) is 1. The SMILES string of the molecule is C=C/C=C(\C=C)C(C)NC(=O)C(C)Cc1ccnc(N)c1.CC. The number of anilines is 1. The smallest absolute Gasteiger partial charge is 0.223 e. The van der Waals surface area contributed by atoms with Gasteiger partial charge in [0.2, 0.25) is 5.91 Å². The fourth-order valence-electron chi connectivity index (χ4n) is 2.03. The molecule has 0 aliphatic heterocycles. The molecule has 0 radical (unpaired) electrons.